The van der Waals surface area contributed by atoms with Gasteiger partial charge in [0, 0.05) is 67.6 Å². The van der Waals surface area contributed by atoms with E-state index in [4.69, 9.17) is 4.74 Å². The molecule has 2 aromatic carbocycles. The van der Waals surface area contributed by atoms with Crippen molar-refractivity contribution in [2.24, 2.45) is 28.6 Å². The molecule has 5 heterocycles. The second-order valence-electron chi connectivity index (χ2n) is 13.2. The number of hydrogen-bond acceptors (Lipinski definition) is 5. The first kappa shape index (κ1) is 27.6. The number of carbonyl (C=O) groups is 4. The molecule has 10 nitrogen and oxygen atoms in total. The van der Waals surface area contributed by atoms with Crippen molar-refractivity contribution in [2.45, 2.75) is 32.6 Å². The summed E-state index contributed by atoms with van der Waals surface area (Å²) in [5, 5.41) is 6.59. The molecule has 0 radical (unpaired) electrons. The van der Waals surface area contributed by atoms with E-state index in [1.54, 1.807) is 11.1 Å². The molecule has 1 aromatic heterocycles. The minimum Gasteiger partial charge on any atom is -0.371 e. The third kappa shape index (κ3) is 4.33. The van der Waals surface area contributed by atoms with Crippen LogP contribution >= 0.6 is 0 Å². The molecule has 8 rings (SSSR count). The standard InChI is InChI=1S/C33H37N5O5/c1-32(2)24-25(32)31(42)38-17-33(18-38)16-37(30(41)21-13-35-23-12-8-7-11-20(21)23)14-22(33)28(39)36-26(29(40)34-3)27(24)43-15-19-9-5-4-6-10-19/h4-13,22,24-27,35H,14-18H2,1-3H3,(H,34,40)(H,36,39)/t22-,24?,25+,26-,27+/m0/s1. The maximum atomic E-state index is 14.1. The molecule has 5 aliphatic rings. The number of nitrogens with one attached hydrogen (secondary N) is 3. The number of carbonyl (C=O) groups excluding carboxylic acids is 4. The highest BCUT2D eigenvalue weighted by Gasteiger charge is 2.70. The molecule has 4 aliphatic heterocycles. The summed E-state index contributed by atoms with van der Waals surface area (Å²) in [6, 6.07) is 16.3. The minimum absolute atomic E-state index is 0.0269. The van der Waals surface area contributed by atoms with Crippen LogP contribution < -0.4 is 10.6 Å². The summed E-state index contributed by atoms with van der Waals surface area (Å²) in [6.45, 7) is 5.69. The van der Waals surface area contributed by atoms with Crippen molar-refractivity contribution < 1.29 is 23.9 Å². The highest BCUT2D eigenvalue weighted by Crippen LogP contribution is 2.63. The Bertz CT molecular complexity index is 1610. The fourth-order valence-electron chi connectivity index (χ4n) is 7.93. The molecule has 3 aromatic rings. The van der Waals surface area contributed by atoms with Crippen molar-refractivity contribution in [2.75, 3.05) is 33.2 Å². The lowest BCUT2D eigenvalue weighted by molar-refractivity contribution is -0.151. The van der Waals surface area contributed by atoms with Gasteiger partial charge in [-0.05, 0) is 17.0 Å². The van der Waals surface area contributed by atoms with Gasteiger partial charge < -0.3 is 30.2 Å². The van der Waals surface area contributed by atoms with Crippen LogP contribution in [-0.4, -0.2) is 83.8 Å². The van der Waals surface area contributed by atoms with Crippen LogP contribution in [0.25, 0.3) is 10.9 Å². The summed E-state index contributed by atoms with van der Waals surface area (Å²) in [7, 11) is 1.54. The molecule has 1 aliphatic carbocycles. The number of aromatic nitrogens is 1. The molecule has 1 spiro atoms. The third-order valence-electron chi connectivity index (χ3n) is 10.4. The van der Waals surface area contributed by atoms with E-state index < -0.39 is 28.9 Å². The summed E-state index contributed by atoms with van der Waals surface area (Å²) in [5.74, 6) is -1.95. The highest BCUT2D eigenvalue weighted by molar-refractivity contribution is 6.07. The van der Waals surface area contributed by atoms with Gasteiger partial charge in [-0.1, -0.05) is 62.4 Å². The Balaban J connectivity index is 1.21. The number of ether oxygens (including phenoxy) is 1. The van der Waals surface area contributed by atoms with Gasteiger partial charge in [-0.3, -0.25) is 19.2 Å². The lowest BCUT2D eigenvalue weighted by Crippen LogP contribution is -2.65. The Hall–Kier alpha value is -4.18. The maximum absolute atomic E-state index is 14.1. The first-order chi connectivity index (χ1) is 20.6. The number of rotatable bonds is 5. The van der Waals surface area contributed by atoms with Gasteiger partial charge in [-0.2, -0.15) is 0 Å². The van der Waals surface area contributed by atoms with Crippen LogP contribution in [0.3, 0.4) is 0 Å². The Morgan fingerprint density at radius 3 is 2.49 bits per heavy atom. The lowest BCUT2D eigenvalue weighted by Gasteiger charge is -2.50. The molecule has 3 N–H and O–H groups in total. The van der Waals surface area contributed by atoms with E-state index in [1.807, 2.05) is 73.3 Å². The van der Waals surface area contributed by atoms with Crippen LogP contribution in [0, 0.1) is 28.6 Å². The fraction of sp³-hybridized carbons (Fsp3) is 0.455. The molecule has 5 atom stereocenters. The number of benzene rings is 2. The summed E-state index contributed by atoms with van der Waals surface area (Å²) < 4.78 is 6.46. The van der Waals surface area contributed by atoms with Crippen LogP contribution in [0.1, 0.15) is 29.8 Å². The first-order valence-electron chi connectivity index (χ1n) is 15.0. The summed E-state index contributed by atoms with van der Waals surface area (Å²) in [5.41, 5.74) is 1.37. The minimum atomic E-state index is -0.996. The SMILES string of the molecule is CNC(=O)[C@H]1NC(=O)[C@@H]2CN(C(=O)c3c[nH]c4ccccc34)CC23CN(C3)C(=O)[C@H]2C([C@H]1OCc1ccccc1)C2(C)C. The Morgan fingerprint density at radius 2 is 1.74 bits per heavy atom. The van der Waals surface area contributed by atoms with Crippen molar-refractivity contribution in [1.82, 2.24) is 25.4 Å². The topological polar surface area (TPSA) is 124 Å². The zero-order valence-electron chi connectivity index (χ0n) is 24.6. The maximum Gasteiger partial charge on any atom is 0.256 e. The fourth-order valence-corrected chi connectivity index (χ4v) is 7.93. The monoisotopic (exact) mass is 583 g/mol. The molecule has 43 heavy (non-hydrogen) atoms. The normalized spacial score (nSPS) is 28.7. The molecule has 2 bridgehead atoms. The lowest BCUT2D eigenvalue weighted by atomic mass is 9.71. The van der Waals surface area contributed by atoms with E-state index in [0.29, 0.717) is 25.2 Å². The van der Waals surface area contributed by atoms with Gasteiger partial charge in [0.15, 0.2) is 0 Å². The molecule has 224 valence electrons. The molecule has 1 unspecified atom stereocenters. The number of likely N-dealkylation sites (N-methyl/N-ethyl adjacent to an activating group) is 1. The average Bonchev–Trinajstić information content (AvgIpc) is 3.30. The Morgan fingerprint density at radius 1 is 1.02 bits per heavy atom. The highest BCUT2D eigenvalue weighted by atomic mass is 16.5. The van der Waals surface area contributed by atoms with Crippen LogP contribution in [0.15, 0.2) is 60.8 Å². The van der Waals surface area contributed by atoms with Gasteiger partial charge in [-0.25, -0.2) is 0 Å². The second kappa shape index (κ2) is 9.94. The van der Waals surface area contributed by atoms with Gasteiger partial charge in [0.1, 0.15) is 6.04 Å². The van der Waals surface area contributed by atoms with Gasteiger partial charge in [-0.15, -0.1) is 0 Å². The average molecular weight is 584 g/mol. The molecule has 4 amide bonds. The summed E-state index contributed by atoms with van der Waals surface area (Å²) >= 11 is 0. The molecular weight excluding hydrogens is 546 g/mol. The van der Waals surface area contributed by atoms with Crippen molar-refractivity contribution in [3.05, 3.63) is 71.9 Å². The van der Waals surface area contributed by atoms with Crippen molar-refractivity contribution in [1.29, 1.82) is 0 Å². The summed E-state index contributed by atoms with van der Waals surface area (Å²) in [4.78, 5) is 62.0. The largest absolute Gasteiger partial charge is 0.371 e. The molecular formula is C33H37N5O5. The number of aromatic amines is 1. The molecule has 4 saturated heterocycles. The zero-order chi connectivity index (χ0) is 30.1. The second-order valence-corrected chi connectivity index (χ2v) is 13.2. The quantitative estimate of drug-likeness (QED) is 0.425. The predicted molar refractivity (Wildman–Crippen MR) is 158 cm³/mol. The zero-order valence-corrected chi connectivity index (χ0v) is 24.6. The van der Waals surface area contributed by atoms with Crippen molar-refractivity contribution in [3.63, 3.8) is 0 Å². The van der Waals surface area contributed by atoms with E-state index in [1.165, 1.54) is 7.05 Å². The third-order valence-corrected chi connectivity index (χ3v) is 10.4. The van der Waals surface area contributed by atoms with E-state index in [9.17, 15) is 19.2 Å². The molecule has 1 saturated carbocycles. The van der Waals surface area contributed by atoms with Crippen LogP contribution in [0.2, 0.25) is 0 Å². The number of hydrogen-bond donors (Lipinski definition) is 3. The predicted octanol–water partition coefficient (Wildman–Crippen LogP) is 2.17. The molecule has 5 fully saturated rings. The number of H-pyrrole nitrogens is 1. The van der Waals surface area contributed by atoms with Gasteiger partial charge in [0.2, 0.25) is 17.7 Å². The van der Waals surface area contributed by atoms with Crippen molar-refractivity contribution >= 4 is 34.5 Å². The number of amides is 4. The number of nitrogens with zero attached hydrogens (tertiary/aromatic N) is 2. The van der Waals surface area contributed by atoms with Gasteiger partial charge >= 0.3 is 0 Å². The molecule has 10 heteroatoms. The van der Waals surface area contributed by atoms with E-state index in [-0.39, 0.29) is 48.6 Å². The number of likely N-dealkylation sites (tertiary alicyclic amines) is 1. The van der Waals surface area contributed by atoms with Gasteiger partial charge in [0.25, 0.3) is 5.91 Å². The van der Waals surface area contributed by atoms with Crippen LogP contribution in [-0.2, 0) is 25.7 Å². The number of fused-ring (bicyclic) bond motifs is 4. The van der Waals surface area contributed by atoms with Crippen molar-refractivity contribution in [3.8, 4) is 0 Å². The van der Waals surface area contributed by atoms with Gasteiger partial charge in [0.05, 0.1) is 24.2 Å². The first-order valence-corrected chi connectivity index (χ1v) is 15.0. The van der Waals surface area contributed by atoms with Crippen LogP contribution in [0.5, 0.6) is 0 Å². The van der Waals surface area contributed by atoms with E-state index >= 15 is 0 Å². The van der Waals surface area contributed by atoms with Crippen LogP contribution in [0.4, 0.5) is 0 Å². The summed E-state index contributed by atoms with van der Waals surface area (Å²) in [6.07, 6.45) is 0.999. The van der Waals surface area contributed by atoms with E-state index in [2.05, 4.69) is 15.6 Å². The number of para-hydroxylation sites is 1. The van der Waals surface area contributed by atoms with E-state index in [0.717, 1.165) is 16.5 Å². The Labute approximate surface area is 250 Å². The smallest absolute Gasteiger partial charge is 0.256 e. The Kier molecular flexibility index (Phi) is 6.39.